The molecule has 0 bridgehead atoms. The second-order valence-electron chi connectivity index (χ2n) is 7.07. The van der Waals surface area contributed by atoms with E-state index in [1.165, 1.54) is 50.5 Å². The van der Waals surface area contributed by atoms with Crippen LogP contribution in [-0.2, 0) is 0 Å². The SMILES string of the molecule is CCC1CCC(NC2CC(c3ccc(C)cc3)C2)CC1. The van der Waals surface area contributed by atoms with Gasteiger partial charge in [0.2, 0.25) is 0 Å². The zero-order valence-corrected chi connectivity index (χ0v) is 13.1. The Morgan fingerprint density at radius 1 is 0.950 bits per heavy atom. The third kappa shape index (κ3) is 3.25. The first-order valence-electron chi connectivity index (χ1n) is 8.57. The van der Waals surface area contributed by atoms with Crippen LogP contribution >= 0.6 is 0 Å². The Bertz CT molecular complexity index is 408. The largest absolute Gasteiger partial charge is 0.311 e. The van der Waals surface area contributed by atoms with Crippen LogP contribution in [-0.4, -0.2) is 12.1 Å². The summed E-state index contributed by atoms with van der Waals surface area (Å²) in [6.45, 7) is 4.51. The number of benzene rings is 1. The Labute approximate surface area is 124 Å². The molecule has 0 spiro atoms. The quantitative estimate of drug-likeness (QED) is 0.829. The molecule has 0 unspecified atom stereocenters. The van der Waals surface area contributed by atoms with E-state index in [9.17, 15) is 0 Å². The minimum Gasteiger partial charge on any atom is -0.311 e. The topological polar surface area (TPSA) is 12.0 Å². The maximum absolute atomic E-state index is 3.91. The summed E-state index contributed by atoms with van der Waals surface area (Å²) in [5.74, 6) is 1.81. The van der Waals surface area contributed by atoms with Crippen LogP contribution in [0, 0.1) is 12.8 Å². The van der Waals surface area contributed by atoms with E-state index in [2.05, 4.69) is 43.4 Å². The Morgan fingerprint density at radius 3 is 2.20 bits per heavy atom. The van der Waals surface area contributed by atoms with Crippen LogP contribution in [0.5, 0.6) is 0 Å². The van der Waals surface area contributed by atoms with Gasteiger partial charge >= 0.3 is 0 Å². The second kappa shape index (κ2) is 6.30. The molecular weight excluding hydrogens is 242 g/mol. The van der Waals surface area contributed by atoms with Crippen molar-refractivity contribution >= 4 is 0 Å². The molecule has 110 valence electrons. The fourth-order valence-corrected chi connectivity index (χ4v) is 3.94. The van der Waals surface area contributed by atoms with Gasteiger partial charge in [-0.15, -0.1) is 0 Å². The molecule has 0 aromatic heterocycles. The molecule has 0 saturated heterocycles. The Hall–Kier alpha value is -0.820. The molecular formula is C19H29N. The lowest BCUT2D eigenvalue weighted by atomic mass is 9.74. The van der Waals surface area contributed by atoms with Crippen LogP contribution in [0.25, 0.3) is 0 Å². The van der Waals surface area contributed by atoms with Gasteiger partial charge in [-0.2, -0.15) is 0 Å². The lowest BCUT2D eigenvalue weighted by Crippen LogP contribution is -2.46. The highest BCUT2D eigenvalue weighted by molar-refractivity contribution is 5.26. The number of rotatable bonds is 4. The molecule has 1 aromatic rings. The van der Waals surface area contributed by atoms with Crippen LogP contribution < -0.4 is 5.32 Å². The predicted octanol–water partition coefficient (Wildman–Crippen LogP) is 4.80. The van der Waals surface area contributed by atoms with Crippen LogP contribution in [0.2, 0.25) is 0 Å². The smallest absolute Gasteiger partial charge is 0.00813 e. The summed E-state index contributed by atoms with van der Waals surface area (Å²) in [7, 11) is 0. The summed E-state index contributed by atoms with van der Waals surface area (Å²) >= 11 is 0. The van der Waals surface area contributed by atoms with Crippen LogP contribution in [0.4, 0.5) is 0 Å². The van der Waals surface area contributed by atoms with Gasteiger partial charge in [-0.1, -0.05) is 43.2 Å². The lowest BCUT2D eigenvalue weighted by molar-refractivity contribution is 0.215. The average Bonchev–Trinajstić information content (AvgIpc) is 2.44. The molecule has 2 aliphatic rings. The number of aryl methyl sites for hydroxylation is 1. The fraction of sp³-hybridized carbons (Fsp3) is 0.684. The van der Waals surface area contributed by atoms with Crippen LogP contribution in [0.1, 0.15) is 68.9 Å². The van der Waals surface area contributed by atoms with Crippen molar-refractivity contribution in [3.63, 3.8) is 0 Å². The monoisotopic (exact) mass is 271 g/mol. The normalized spacial score (nSPS) is 33.7. The van der Waals surface area contributed by atoms with Gasteiger partial charge in [0.1, 0.15) is 0 Å². The van der Waals surface area contributed by atoms with Gasteiger partial charge in [0.05, 0.1) is 0 Å². The van der Waals surface area contributed by atoms with E-state index in [1.807, 2.05) is 0 Å². The Balaban J connectivity index is 1.41. The maximum atomic E-state index is 3.91. The lowest BCUT2D eigenvalue weighted by Gasteiger charge is -2.40. The fourth-order valence-electron chi connectivity index (χ4n) is 3.94. The van der Waals surface area contributed by atoms with Crippen molar-refractivity contribution in [2.45, 2.75) is 76.8 Å². The van der Waals surface area contributed by atoms with Gasteiger partial charge < -0.3 is 5.32 Å². The standard InChI is InChI=1S/C19H29N/c1-3-15-6-10-18(11-7-15)20-19-12-17(13-19)16-8-4-14(2)5-9-16/h4-5,8-9,15,17-20H,3,6-7,10-13H2,1-2H3. The summed E-state index contributed by atoms with van der Waals surface area (Å²) in [5, 5.41) is 3.91. The average molecular weight is 271 g/mol. The first-order chi connectivity index (χ1) is 9.74. The molecule has 3 rings (SSSR count). The summed E-state index contributed by atoms with van der Waals surface area (Å²) < 4.78 is 0. The number of hydrogen-bond acceptors (Lipinski definition) is 1. The molecule has 1 heteroatoms. The first kappa shape index (κ1) is 14.1. The van der Waals surface area contributed by atoms with Gasteiger partial charge in [0.15, 0.2) is 0 Å². The van der Waals surface area contributed by atoms with Gasteiger partial charge in [-0.3, -0.25) is 0 Å². The highest BCUT2D eigenvalue weighted by Crippen LogP contribution is 2.38. The molecule has 1 N–H and O–H groups in total. The molecule has 0 radical (unpaired) electrons. The number of nitrogens with one attached hydrogen (secondary N) is 1. The van der Waals surface area contributed by atoms with E-state index in [4.69, 9.17) is 0 Å². The molecule has 0 aliphatic heterocycles. The number of hydrogen-bond donors (Lipinski definition) is 1. The van der Waals surface area contributed by atoms with Crippen molar-refractivity contribution in [2.24, 2.45) is 5.92 Å². The van der Waals surface area contributed by atoms with Gasteiger partial charge in [0.25, 0.3) is 0 Å². The Morgan fingerprint density at radius 2 is 1.60 bits per heavy atom. The predicted molar refractivity (Wildman–Crippen MR) is 86.1 cm³/mol. The van der Waals surface area contributed by atoms with E-state index in [0.29, 0.717) is 0 Å². The van der Waals surface area contributed by atoms with Gasteiger partial charge in [-0.25, -0.2) is 0 Å². The summed E-state index contributed by atoms with van der Waals surface area (Å²) in [6.07, 6.45) is 9.78. The molecule has 0 heterocycles. The van der Waals surface area contributed by atoms with Crippen molar-refractivity contribution in [1.82, 2.24) is 5.32 Å². The van der Waals surface area contributed by atoms with E-state index < -0.39 is 0 Å². The molecule has 2 saturated carbocycles. The zero-order chi connectivity index (χ0) is 13.9. The van der Waals surface area contributed by atoms with Crippen molar-refractivity contribution in [3.8, 4) is 0 Å². The minimum absolute atomic E-state index is 0.782. The minimum atomic E-state index is 0.782. The second-order valence-corrected chi connectivity index (χ2v) is 7.07. The van der Waals surface area contributed by atoms with Crippen molar-refractivity contribution in [1.29, 1.82) is 0 Å². The molecule has 0 amide bonds. The molecule has 1 nitrogen and oxygen atoms in total. The third-order valence-electron chi connectivity index (χ3n) is 5.58. The molecule has 0 atom stereocenters. The van der Waals surface area contributed by atoms with E-state index in [0.717, 1.165) is 23.9 Å². The van der Waals surface area contributed by atoms with Crippen molar-refractivity contribution in [2.75, 3.05) is 0 Å². The van der Waals surface area contributed by atoms with Gasteiger partial charge in [0, 0.05) is 12.1 Å². The van der Waals surface area contributed by atoms with E-state index in [-0.39, 0.29) is 0 Å². The summed E-state index contributed by atoms with van der Waals surface area (Å²) in [6, 6.07) is 10.7. The molecule has 1 aromatic carbocycles. The summed E-state index contributed by atoms with van der Waals surface area (Å²) in [5.41, 5.74) is 2.92. The maximum Gasteiger partial charge on any atom is 0.00813 e. The molecule has 2 fully saturated rings. The van der Waals surface area contributed by atoms with Crippen molar-refractivity contribution < 1.29 is 0 Å². The zero-order valence-electron chi connectivity index (χ0n) is 13.1. The van der Waals surface area contributed by atoms with E-state index in [1.54, 1.807) is 5.56 Å². The highest BCUT2D eigenvalue weighted by Gasteiger charge is 2.32. The molecule has 2 aliphatic carbocycles. The highest BCUT2D eigenvalue weighted by atomic mass is 15.0. The molecule has 20 heavy (non-hydrogen) atoms. The third-order valence-corrected chi connectivity index (χ3v) is 5.58. The van der Waals surface area contributed by atoms with Crippen LogP contribution in [0.3, 0.4) is 0 Å². The van der Waals surface area contributed by atoms with Crippen molar-refractivity contribution in [3.05, 3.63) is 35.4 Å². The van der Waals surface area contributed by atoms with E-state index >= 15 is 0 Å². The first-order valence-corrected chi connectivity index (χ1v) is 8.57. The van der Waals surface area contributed by atoms with Crippen LogP contribution in [0.15, 0.2) is 24.3 Å². The summed E-state index contributed by atoms with van der Waals surface area (Å²) in [4.78, 5) is 0. The Kier molecular flexibility index (Phi) is 4.45. The van der Waals surface area contributed by atoms with Gasteiger partial charge in [-0.05, 0) is 62.8 Å².